The molecule has 0 aliphatic carbocycles. The third-order valence-electron chi connectivity index (χ3n) is 4.58. The number of amides is 1. The normalized spacial score (nSPS) is 17.8. The van der Waals surface area contributed by atoms with Crippen LogP contribution in [-0.4, -0.2) is 12.0 Å². The zero-order valence-electron chi connectivity index (χ0n) is 14.5. The fourth-order valence-corrected chi connectivity index (χ4v) is 3.00. The molecule has 25 heavy (non-hydrogen) atoms. The molecule has 132 valence electrons. The molecule has 2 N–H and O–H groups in total. The van der Waals surface area contributed by atoms with Gasteiger partial charge in [0.15, 0.2) is 6.10 Å². The lowest BCUT2D eigenvalue weighted by atomic mass is 10.0. The zero-order chi connectivity index (χ0) is 18.0. The molecule has 0 fully saturated rings. The molecule has 1 heterocycles. The summed E-state index contributed by atoms with van der Waals surface area (Å²) in [5.74, 6) is 0.308. The molecule has 0 bridgehead atoms. The second-order valence-corrected chi connectivity index (χ2v) is 6.31. The molecule has 0 saturated carbocycles. The minimum absolute atomic E-state index is 0.0819. The van der Waals surface area contributed by atoms with Gasteiger partial charge >= 0.3 is 0 Å². The Morgan fingerprint density at radius 2 is 1.92 bits per heavy atom. The van der Waals surface area contributed by atoms with Gasteiger partial charge in [0.25, 0.3) is 5.91 Å². The average Bonchev–Trinajstić information content (AvgIpc) is 2.64. The van der Waals surface area contributed by atoms with E-state index in [1.165, 1.54) is 12.1 Å². The molecule has 3 rings (SSSR count). The monoisotopic (exact) mass is 342 g/mol. The topological polar surface area (TPSA) is 55.6 Å². The number of benzene rings is 2. The van der Waals surface area contributed by atoms with Gasteiger partial charge in [0, 0.05) is 6.04 Å². The van der Waals surface area contributed by atoms with Crippen LogP contribution < -0.4 is 15.4 Å². The van der Waals surface area contributed by atoms with Crippen molar-refractivity contribution in [3.05, 3.63) is 59.4 Å². The van der Waals surface area contributed by atoms with Crippen molar-refractivity contribution >= 4 is 11.6 Å². The van der Waals surface area contributed by atoms with Gasteiger partial charge < -0.3 is 15.4 Å². The van der Waals surface area contributed by atoms with E-state index in [4.69, 9.17) is 10.5 Å². The summed E-state index contributed by atoms with van der Waals surface area (Å²) in [6.07, 6.45) is 0.899. The van der Waals surface area contributed by atoms with Gasteiger partial charge in [0.2, 0.25) is 0 Å². The number of ether oxygens (including phenoxy) is 1. The Bertz CT molecular complexity index is 761. The summed E-state index contributed by atoms with van der Waals surface area (Å²) >= 11 is 0. The molecule has 2 aromatic carbocycles. The van der Waals surface area contributed by atoms with Gasteiger partial charge in [-0.2, -0.15) is 0 Å². The number of fused-ring (bicyclic) bond motifs is 1. The highest BCUT2D eigenvalue weighted by Gasteiger charge is 2.33. The number of rotatable bonds is 5. The first-order valence-corrected chi connectivity index (χ1v) is 8.65. The highest BCUT2D eigenvalue weighted by Crippen LogP contribution is 2.37. The number of hydrogen-bond donors (Lipinski definition) is 1. The fraction of sp³-hybridized carbons (Fsp3) is 0.350. The standard InChI is InChI=1S/C20H23FN2O2/c1-3-16(22)14-7-10-19-17(11-14)23(20(24)18(4-2)25-19)12-13-5-8-15(21)9-6-13/h5-11,16,18H,3-4,12,22H2,1-2H3. The molecular weight excluding hydrogens is 319 g/mol. The smallest absolute Gasteiger partial charge is 0.268 e. The zero-order valence-corrected chi connectivity index (χ0v) is 14.5. The Labute approximate surface area is 147 Å². The predicted molar refractivity (Wildman–Crippen MR) is 96.0 cm³/mol. The first-order valence-electron chi connectivity index (χ1n) is 8.65. The van der Waals surface area contributed by atoms with E-state index >= 15 is 0 Å². The molecule has 0 aromatic heterocycles. The maximum Gasteiger partial charge on any atom is 0.268 e. The number of anilines is 1. The number of nitrogens with two attached hydrogens (primary N) is 1. The Balaban J connectivity index is 1.99. The van der Waals surface area contributed by atoms with Crippen molar-refractivity contribution < 1.29 is 13.9 Å². The van der Waals surface area contributed by atoms with E-state index in [1.54, 1.807) is 17.0 Å². The van der Waals surface area contributed by atoms with Crippen molar-refractivity contribution in [1.29, 1.82) is 0 Å². The SMILES string of the molecule is CCC1Oc2ccc(C(N)CC)cc2N(Cc2ccc(F)cc2)C1=O. The summed E-state index contributed by atoms with van der Waals surface area (Å²) in [5, 5.41) is 0. The lowest BCUT2D eigenvalue weighted by Crippen LogP contribution is -2.45. The van der Waals surface area contributed by atoms with Gasteiger partial charge in [-0.05, 0) is 48.2 Å². The van der Waals surface area contributed by atoms with Crippen molar-refractivity contribution in [3.8, 4) is 5.75 Å². The van der Waals surface area contributed by atoms with Crippen LogP contribution in [0.3, 0.4) is 0 Å². The highest BCUT2D eigenvalue weighted by atomic mass is 19.1. The maximum atomic E-state index is 13.2. The van der Waals surface area contributed by atoms with Gasteiger partial charge in [-0.1, -0.05) is 32.0 Å². The van der Waals surface area contributed by atoms with Crippen LogP contribution in [-0.2, 0) is 11.3 Å². The minimum Gasteiger partial charge on any atom is -0.478 e. The Hall–Kier alpha value is -2.40. The molecule has 2 unspecified atom stereocenters. The van der Waals surface area contributed by atoms with Crippen LogP contribution in [0.1, 0.15) is 43.9 Å². The summed E-state index contributed by atoms with van der Waals surface area (Å²) in [5.41, 5.74) is 8.70. The van der Waals surface area contributed by atoms with E-state index in [1.807, 2.05) is 32.0 Å². The molecule has 1 aliphatic rings. The summed E-state index contributed by atoms with van der Waals surface area (Å²) in [4.78, 5) is 14.6. The molecule has 4 nitrogen and oxygen atoms in total. The van der Waals surface area contributed by atoms with Crippen LogP contribution in [0.15, 0.2) is 42.5 Å². The summed E-state index contributed by atoms with van der Waals surface area (Å²) in [6.45, 7) is 4.32. The first kappa shape index (κ1) is 17.4. The fourth-order valence-electron chi connectivity index (χ4n) is 3.00. The van der Waals surface area contributed by atoms with E-state index in [0.29, 0.717) is 18.7 Å². The van der Waals surface area contributed by atoms with Gasteiger partial charge in [-0.3, -0.25) is 4.79 Å². The Morgan fingerprint density at radius 3 is 2.56 bits per heavy atom. The van der Waals surface area contributed by atoms with Gasteiger partial charge in [0.05, 0.1) is 12.2 Å². The number of halogens is 1. The number of hydrogen-bond acceptors (Lipinski definition) is 3. The van der Waals surface area contributed by atoms with Crippen molar-refractivity contribution in [3.63, 3.8) is 0 Å². The van der Waals surface area contributed by atoms with E-state index < -0.39 is 6.10 Å². The minimum atomic E-state index is -0.501. The Morgan fingerprint density at radius 1 is 1.20 bits per heavy atom. The molecule has 0 radical (unpaired) electrons. The van der Waals surface area contributed by atoms with Crippen molar-refractivity contribution in [2.75, 3.05) is 4.90 Å². The summed E-state index contributed by atoms with van der Waals surface area (Å²) < 4.78 is 19.0. The van der Waals surface area contributed by atoms with Gasteiger partial charge in [-0.25, -0.2) is 4.39 Å². The molecule has 0 spiro atoms. The number of carbonyl (C=O) groups is 1. The van der Waals surface area contributed by atoms with E-state index in [-0.39, 0.29) is 17.8 Å². The quantitative estimate of drug-likeness (QED) is 0.895. The molecule has 0 saturated heterocycles. The average molecular weight is 342 g/mol. The lowest BCUT2D eigenvalue weighted by molar-refractivity contribution is -0.126. The maximum absolute atomic E-state index is 13.2. The van der Waals surface area contributed by atoms with Crippen LogP contribution in [0.4, 0.5) is 10.1 Å². The molecule has 2 aromatic rings. The van der Waals surface area contributed by atoms with Crippen LogP contribution in [0, 0.1) is 5.82 Å². The van der Waals surface area contributed by atoms with E-state index in [2.05, 4.69) is 0 Å². The Kier molecular flexibility index (Phi) is 5.04. The number of nitrogens with zero attached hydrogens (tertiary/aromatic N) is 1. The molecule has 1 aliphatic heterocycles. The third-order valence-corrected chi connectivity index (χ3v) is 4.58. The molecular formula is C20H23FN2O2. The first-order chi connectivity index (χ1) is 12.0. The van der Waals surface area contributed by atoms with E-state index in [0.717, 1.165) is 23.2 Å². The van der Waals surface area contributed by atoms with Crippen LogP contribution >= 0.6 is 0 Å². The van der Waals surface area contributed by atoms with Crippen LogP contribution in [0.5, 0.6) is 5.75 Å². The van der Waals surface area contributed by atoms with Crippen molar-refractivity contribution in [1.82, 2.24) is 0 Å². The molecule has 2 atom stereocenters. The third kappa shape index (κ3) is 3.51. The number of carbonyl (C=O) groups excluding carboxylic acids is 1. The lowest BCUT2D eigenvalue weighted by Gasteiger charge is -2.34. The van der Waals surface area contributed by atoms with Gasteiger partial charge in [0.1, 0.15) is 11.6 Å². The second kappa shape index (κ2) is 7.23. The van der Waals surface area contributed by atoms with Crippen molar-refractivity contribution in [2.24, 2.45) is 5.73 Å². The van der Waals surface area contributed by atoms with Gasteiger partial charge in [-0.15, -0.1) is 0 Å². The molecule has 1 amide bonds. The summed E-state index contributed by atoms with van der Waals surface area (Å²) in [7, 11) is 0. The van der Waals surface area contributed by atoms with Crippen LogP contribution in [0.2, 0.25) is 0 Å². The summed E-state index contributed by atoms with van der Waals surface area (Å²) in [6, 6.07) is 11.9. The second-order valence-electron chi connectivity index (χ2n) is 6.31. The van der Waals surface area contributed by atoms with Crippen molar-refractivity contribution in [2.45, 2.75) is 45.4 Å². The largest absolute Gasteiger partial charge is 0.478 e. The predicted octanol–water partition coefficient (Wildman–Crippen LogP) is 3.94. The molecule has 5 heteroatoms. The van der Waals surface area contributed by atoms with E-state index in [9.17, 15) is 9.18 Å². The van der Waals surface area contributed by atoms with Crippen LogP contribution in [0.25, 0.3) is 0 Å². The highest BCUT2D eigenvalue weighted by molar-refractivity contribution is 6.00.